The van der Waals surface area contributed by atoms with Crippen molar-refractivity contribution in [3.05, 3.63) is 52.9 Å². The third kappa shape index (κ3) is 5.22. The van der Waals surface area contributed by atoms with Crippen LogP contribution >= 0.6 is 0 Å². The fourth-order valence-corrected chi connectivity index (χ4v) is 4.56. The Morgan fingerprint density at radius 1 is 1.13 bits per heavy atom. The highest BCUT2D eigenvalue weighted by Gasteiger charge is 2.25. The Bertz CT molecular complexity index is 789. The van der Waals surface area contributed by atoms with Crippen LogP contribution in [0.25, 0.3) is 0 Å². The van der Waals surface area contributed by atoms with E-state index in [1.54, 1.807) is 0 Å². The van der Waals surface area contributed by atoms with E-state index in [0.717, 1.165) is 63.1 Å². The second-order valence-electron chi connectivity index (χ2n) is 8.19. The number of aromatic nitrogens is 1. The van der Waals surface area contributed by atoms with E-state index in [1.807, 2.05) is 13.8 Å². The zero-order valence-corrected chi connectivity index (χ0v) is 19.2. The molecular formula is C24H37N5O. The van der Waals surface area contributed by atoms with Crippen LogP contribution in [0, 0.1) is 13.8 Å². The minimum Gasteiger partial charge on any atom is -0.361 e. The zero-order chi connectivity index (χ0) is 21.5. The predicted molar refractivity (Wildman–Crippen MR) is 123 cm³/mol. The summed E-state index contributed by atoms with van der Waals surface area (Å²) < 4.78 is 5.34. The van der Waals surface area contributed by atoms with Crippen LogP contribution in [0.2, 0.25) is 0 Å². The number of aryl methyl sites for hydroxylation is 2. The third-order valence-electron chi connectivity index (χ3n) is 6.06. The number of hydrogen-bond acceptors (Lipinski definition) is 4. The molecule has 2 atom stereocenters. The van der Waals surface area contributed by atoms with Crippen LogP contribution in [0.5, 0.6) is 0 Å². The van der Waals surface area contributed by atoms with Gasteiger partial charge in [-0.3, -0.25) is 9.89 Å². The van der Waals surface area contributed by atoms with Crippen molar-refractivity contribution >= 4 is 5.96 Å². The third-order valence-corrected chi connectivity index (χ3v) is 6.06. The molecule has 2 heterocycles. The summed E-state index contributed by atoms with van der Waals surface area (Å²) in [4.78, 5) is 9.98. The summed E-state index contributed by atoms with van der Waals surface area (Å²) in [6, 6.07) is 11.4. The van der Waals surface area contributed by atoms with Crippen LogP contribution in [0.3, 0.4) is 0 Å². The van der Waals surface area contributed by atoms with Crippen molar-refractivity contribution in [3.8, 4) is 0 Å². The molecule has 0 bridgehead atoms. The summed E-state index contributed by atoms with van der Waals surface area (Å²) in [5.74, 6) is 2.21. The van der Waals surface area contributed by atoms with Crippen molar-refractivity contribution in [2.75, 3.05) is 39.3 Å². The summed E-state index contributed by atoms with van der Waals surface area (Å²) >= 11 is 0. The van der Waals surface area contributed by atoms with E-state index < -0.39 is 0 Å². The molecule has 3 rings (SSSR count). The molecule has 1 N–H and O–H groups in total. The van der Waals surface area contributed by atoms with Crippen molar-refractivity contribution in [2.45, 2.75) is 53.0 Å². The van der Waals surface area contributed by atoms with Crippen molar-refractivity contribution in [1.29, 1.82) is 0 Å². The van der Waals surface area contributed by atoms with Crippen LogP contribution < -0.4 is 5.32 Å². The average Bonchev–Trinajstić information content (AvgIpc) is 3.11. The summed E-state index contributed by atoms with van der Waals surface area (Å²) in [6.45, 7) is 16.3. The number of hydrogen-bond donors (Lipinski definition) is 1. The van der Waals surface area contributed by atoms with Gasteiger partial charge in [-0.2, -0.15) is 0 Å². The Morgan fingerprint density at radius 3 is 2.40 bits per heavy atom. The van der Waals surface area contributed by atoms with Gasteiger partial charge < -0.3 is 14.7 Å². The molecule has 1 fully saturated rings. The summed E-state index contributed by atoms with van der Waals surface area (Å²) in [5.41, 5.74) is 3.58. The first kappa shape index (κ1) is 22.3. The molecule has 1 aromatic carbocycles. The van der Waals surface area contributed by atoms with E-state index in [1.165, 1.54) is 11.1 Å². The first-order valence-corrected chi connectivity index (χ1v) is 11.3. The number of guanidine groups is 1. The maximum atomic E-state index is 5.34. The number of aliphatic imine (C=N–C) groups is 1. The monoisotopic (exact) mass is 411 g/mol. The lowest BCUT2D eigenvalue weighted by Crippen LogP contribution is -2.53. The van der Waals surface area contributed by atoms with Gasteiger partial charge in [0, 0.05) is 56.8 Å². The second kappa shape index (κ2) is 10.6. The van der Waals surface area contributed by atoms with Gasteiger partial charge in [0.2, 0.25) is 0 Å². The van der Waals surface area contributed by atoms with Gasteiger partial charge in [0.25, 0.3) is 0 Å². The van der Waals surface area contributed by atoms with Crippen LogP contribution in [-0.4, -0.2) is 60.2 Å². The maximum absolute atomic E-state index is 5.34. The molecule has 1 aliphatic heterocycles. The number of piperazine rings is 1. The van der Waals surface area contributed by atoms with Crippen molar-refractivity contribution in [2.24, 2.45) is 4.99 Å². The van der Waals surface area contributed by atoms with E-state index in [0.29, 0.717) is 6.04 Å². The number of nitrogens with zero attached hydrogens (tertiary/aromatic N) is 4. The first-order valence-electron chi connectivity index (χ1n) is 11.3. The molecule has 0 radical (unpaired) electrons. The van der Waals surface area contributed by atoms with Gasteiger partial charge in [-0.1, -0.05) is 49.3 Å². The number of rotatable bonds is 7. The van der Waals surface area contributed by atoms with E-state index in [2.05, 4.69) is 71.4 Å². The molecule has 6 heteroatoms. The Hall–Kier alpha value is -2.34. The van der Waals surface area contributed by atoms with Gasteiger partial charge >= 0.3 is 0 Å². The molecule has 0 spiro atoms. The normalized spacial score (nSPS) is 17.8. The fraction of sp³-hybridized carbons (Fsp3) is 0.583. The van der Waals surface area contributed by atoms with Gasteiger partial charge in [-0.15, -0.1) is 0 Å². The van der Waals surface area contributed by atoms with Gasteiger partial charge in [-0.05, 0) is 32.8 Å². The first-order chi connectivity index (χ1) is 14.5. The minimum atomic E-state index is 0.286. The van der Waals surface area contributed by atoms with Crippen molar-refractivity contribution in [1.82, 2.24) is 20.3 Å². The lowest BCUT2D eigenvalue weighted by Gasteiger charge is -2.40. The summed E-state index contributed by atoms with van der Waals surface area (Å²) in [7, 11) is 0. The molecule has 1 aliphatic rings. The molecule has 30 heavy (non-hydrogen) atoms. The number of nitrogens with one attached hydrogen (secondary N) is 1. The van der Waals surface area contributed by atoms with Crippen LogP contribution in [-0.2, 0) is 0 Å². The summed E-state index contributed by atoms with van der Waals surface area (Å²) in [6.07, 6.45) is 1.13. The van der Waals surface area contributed by atoms with E-state index >= 15 is 0 Å². The standard InChI is InChI=1S/C24H37N5O/c1-6-22(21-11-9-8-10-12-21)28-13-15-29(16-14-28)24(25-7-2)26-17-18(3)23-19(4)27-30-20(23)5/h8-12,18,22H,6-7,13-17H2,1-5H3,(H,25,26). The molecule has 1 saturated heterocycles. The average molecular weight is 412 g/mol. The van der Waals surface area contributed by atoms with E-state index in [-0.39, 0.29) is 5.92 Å². The highest BCUT2D eigenvalue weighted by molar-refractivity contribution is 5.80. The minimum absolute atomic E-state index is 0.286. The van der Waals surface area contributed by atoms with Crippen LogP contribution in [0.4, 0.5) is 0 Å². The topological polar surface area (TPSA) is 56.9 Å². The lowest BCUT2D eigenvalue weighted by atomic mass is 10.00. The quantitative estimate of drug-likeness (QED) is 0.548. The van der Waals surface area contributed by atoms with Crippen molar-refractivity contribution in [3.63, 3.8) is 0 Å². The Labute approximate surface area is 181 Å². The van der Waals surface area contributed by atoms with Gasteiger partial charge in [-0.25, -0.2) is 0 Å². The molecule has 1 aromatic heterocycles. The highest BCUT2D eigenvalue weighted by Crippen LogP contribution is 2.26. The molecule has 6 nitrogen and oxygen atoms in total. The predicted octanol–water partition coefficient (Wildman–Crippen LogP) is 4.13. The van der Waals surface area contributed by atoms with Gasteiger partial charge in [0.15, 0.2) is 5.96 Å². The van der Waals surface area contributed by atoms with Gasteiger partial charge in [0.1, 0.15) is 5.76 Å². The molecule has 2 unspecified atom stereocenters. The zero-order valence-electron chi connectivity index (χ0n) is 19.2. The Kier molecular flexibility index (Phi) is 7.91. The van der Waals surface area contributed by atoms with Crippen LogP contribution in [0.15, 0.2) is 39.8 Å². The van der Waals surface area contributed by atoms with E-state index in [4.69, 9.17) is 9.52 Å². The maximum Gasteiger partial charge on any atom is 0.194 e. The molecule has 2 aromatic rings. The Balaban J connectivity index is 1.63. The largest absolute Gasteiger partial charge is 0.361 e. The molecule has 0 amide bonds. The second-order valence-corrected chi connectivity index (χ2v) is 8.19. The van der Waals surface area contributed by atoms with Crippen LogP contribution in [0.1, 0.15) is 61.7 Å². The fourth-order valence-electron chi connectivity index (χ4n) is 4.56. The highest BCUT2D eigenvalue weighted by atomic mass is 16.5. The SMILES string of the molecule is CCNC(=NCC(C)c1c(C)noc1C)N1CCN(C(CC)c2ccccc2)CC1. The molecule has 0 saturated carbocycles. The smallest absolute Gasteiger partial charge is 0.194 e. The van der Waals surface area contributed by atoms with Gasteiger partial charge in [0.05, 0.1) is 5.69 Å². The van der Waals surface area contributed by atoms with Crippen molar-refractivity contribution < 1.29 is 4.52 Å². The number of benzene rings is 1. The van der Waals surface area contributed by atoms with E-state index in [9.17, 15) is 0 Å². The molecule has 164 valence electrons. The molecule has 0 aliphatic carbocycles. The molecular weight excluding hydrogens is 374 g/mol. The summed E-state index contributed by atoms with van der Waals surface area (Å²) in [5, 5.41) is 7.58. The Morgan fingerprint density at radius 2 is 1.83 bits per heavy atom. The lowest BCUT2D eigenvalue weighted by molar-refractivity contribution is 0.127.